The highest BCUT2D eigenvalue weighted by Gasteiger charge is 2.29. The van der Waals surface area contributed by atoms with Crippen LogP contribution < -0.4 is 14.5 Å². The summed E-state index contributed by atoms with van der Waals surface area (Å²) in [7, 11) is 0. The van der Waals surface area contributed by atoms with Crippen molar-refractivity contribution in [2.45, 2.75) is 9.79 Å². The van der Waals surface area contributed by atoms with Gasteiger partial charge in [-0.3, -0.25) is 0 Å². The van der Waals surface area contributed by atoms with Gasteiger partial charge in [0.25, 0.3) is 0 Å². The Hall–Kier alpha value is -8.05. The monoisotopic (exact) mass is 834 g/mol. The lowest BCUT2D eigenvalue weighted by molar-refractivity contribution is 0.477. The number of hydrogen-bond donors (Lipinski definition) is 0. The largest absolute Gasteiger partial charge is 0.453 e. The van der Waals surface area contributed by atoms with Gasteiger partial charge in [0, 0.05) is 21.2 Å². The fourth-order valence-electron chi connectivity index (χ4n) is 9.55. The first-order valence-corrected chi connectivity index (χ1v) is 22.5. The Balaban J connectivity index is 0.936. The van der Waals surface area contributed by atoms with Crippen LogP contribution in [0.1, 0.15) is 0 Å². The van der Waals surface area contributed by atoms with Crippen LogP contribution in [0.5, 0.6) is 11.5 Å². The molecule has 0 radical (unpaired) electrons. The summed E-state index contributed by atoms with van der Waals surface area (Å²) in [5, 5.41) is 7.41. The molecule has 300 valence electrons. The second kappa shape index (κ2) is 14.8. The summed E-state index contributed by atoms with van der Waals surface area (Å²) in [4.78, 5) is 7.26. The van der Waals surface area contributed by atoms with Gasteiger partial charge in [-0.2, -0.15) is 0 Å². The Labute approximate surface area is 376 Å². The molecule has 0 amide bonds. The Morgan fingerprint density at radius 2 is 0.719 bits per heavy atom. The second-order valence-electron chi connectivity index (χ2n) is 16.6. The van der Waals surface area contributed by atoms with Gasteiger partial charge in [0.05, 0.1) is 22.7 Å². The number of fused-ring (bicyclic) bond motifs is 7. The summed E-state index contributed by atoms with van der Waals surface area (Å²) in [6, 6.07) is 83.7. The normalized spacial score (nSPS) is 12.7. The van der Waals surface area contributed by atoms with E-state index in [2.05, 4.69) is 234 Å². The van der Waals surface area contributed by atoms with Crippen LogP contribution in [0.2, 0.25) is 0 Å². The highest BCUT2D eigenvalue weighted by atomic mass is 32.2. The molecule has 0 fully saturated rings. The second-order valence-corrected chi connectivity index (χ2v) is 17.7. The lowest BCUT2D eigenvalue weighted by Crippen LogP contribution is -2.16. The highest BCUT2D eigenvalue weighted by molar-refractivity contribution is 7.99. The average Bonchev–Trinajstić information content (AvgIpc) is 3.36. The third-order valence-electron chi connectivity index (χ3n) is 12.7. The molecular weight excluding hydrogens is 797 g/mol. The minimum Gasteiger partial charge on any atom is -0.453 e. The van der Waals surface area contributed by atoms with E-state index in [1.54, 1.807) is 0 Å². The first-order chi connectivity index (χ1) is 31.7. The molecule has 64 heavy (non-hydrogen) atoms. The number of ether oxygens (including phenoxy) is 1. The first kappa shape index (κ1) is 36.6. The number of nitrogens with zero attached hydrogens (tertiary/aromatic N) is 2. The molecule has 2 aliphatic rings. The van der Waals surface area contributed by atoms with E-state index in [1.165, 1.54) is 64.5 Å². The van der Waals surface area contributed by atoms with Crippen molar-refractivity contribution in [3.8, 4) is 44.9 Å². The zero-order valence-electron chi connectivity index (χ0n) is 34.7. The molecule has 4 heteroatoms. The molecule has 0 bridgehead atoms. The van der Waals surface area contributed by atoms with Gasteiger partial charge in [-0.15, -0.1) is 0 Å². The van der Waals surface area contributed by atoms with Gasteiger partial charge in [0.2, 0.25) is 0 Å². The van der Waals surface area contributed by atoms with Crippen LogP contribution >= 0.6 is 11.8 Å². The van der Waals surface area contributed by atoms with E-state index >= 15 is 0 Å². The summed E-state index contributed by atoms with van der Waals surface area (Å²) in [5.41, 5.74) is 13.5. The van der Waals surface area contributed by atoms with Crippen molar-refractivity contribution in [1.29, 1.82) is 0 Å². The number of rotatable bonds is 5. The molecule has 0 N–H and O–H groups in total. The van der Waals surface area contributed by atoms with Crippen molar-refractivity contribution in [2.24, 2.45) is 0 Å². The fraction of sp³-hybridized carbons (Fsp3) is 0. The smallest absolute Gasteiger partial charge is 0.151 e. The molecule has 0 saturated heterocycles. The van der Waals surface area contributed by atoms with Crippen LogP contribution in [0, 0.1) is 0 Å². The molecule has 0 atom stereocenters. The van der Waals surface area contributed by atoms with Crippen LogP contribution in [0.25, 0.3) is 65.7 Å². The van der Waals surface area contributed by atoms with Gasteiger partial charge in [0.1, 0.15) is 0 Å². The number of para-hydroxylation sites is 2. The molecule has 3 nitrogen and oxygen atoms in total. The molecule has 2 aliphatic heterocycles. The van der Waals surface area contributed by atoms with E-state index in [-0.39, 0.29) is 0 Å². The molecular formula is C60H38N2OS. The van der Waals surface area contributed by atoms with Gasteiger partial charge in [0.15, 0.2) is 11.5 Å². The zero-order chi connectivity index (χ0) is 42.1. The van der Waals surface area contributed by atoms with E-state index in [4.69, 9.17) is 4.74 Å². The van der Waals surface area contributed by atoms with Gasteiger partial charge in [-0.25, -0.2) is 0 Å². The maximum absolute atomic E-state index is 6.64. The molecule has 0 spiro atoms. The Morgan fingerprint density at radius 1 is 0.266 bits per heavy atom. The minimum absolute atomic E-state index is 0.819. The lowest BCUT2D eigenvalue weighted by atomic mass is 9.99. The predicted octanol–water partition coefficient (Wildman–Crippen LogP) is 17.7. The van der Waals surface area contributed by atoms with Crippen molar-refractivity contribution in [3.63, 3.8) is 0 Å². The maximum Gasteiger partial charge on any atom is 0.151 e. The third kappa shape index (κ3) is 6.22. The third-order valence-corrected chi connectivity index (χ3v) is 13.8. The fourth-order valence-corrected chi connectivity index (χ4v) is 10.6. The number of benzene rings is 11. The number of anilines is 6. The topological polar surface area (TPSA) is 15.7 Å². The summed E-state index contributed by atoms with van der Waals surface area (Å²) in [5.74, 6) is 1.65. The molecule has 0 aliphatic carbocycles. The van der Waals surface area contributed by atoms with E-state index in [1.807, 2.05) is 17.8 Å². The minimum atomic E-state index is 0.819. The Kier molecular flexibility index (Phi) is 8.46. The van der Waals surface area contributed by atoms with E-state index < -0.39 is 0 Å². The molecule has 0 saturated carbocycles. The van der Waals surface area contributed by atoms with Crippen LogP contribution in [0.4, 0.5) is 34.1 Å². The van der Waals surface area contributed by atoms with E-state index in [0.29, 0.717) is 0 Å². The van der Waals surface area contributed by atoms with Crippen molar-refractivity contribution >= 4 is 78.2 Å². The van der Waals surface area contributed by atoms with Gasteiger partial charge in [-0.1, -0.05) is 157 Å². The summed E-state index contributed by atoms with van der Waals surface area (Å²) < 4.78 is 6.64. The van der Waals surface area contributed by atoms with Crippen molar-refractivity contribution in [1.82, 2.24) is 0 Å². The standard InChI is InChI=1S/C60H38N2OS/c1-3-13-41-31-47(25-23-39(41)11-1)43-17-9-19-51(33-43)61-53-21-7-8-22-57(53)63-58-29-27-49(35-54(58)61)50-28-30-59-55(37-50)62(56-36-45-15-5-6-16-46(45)38-60(56)64-59)52-20-10-18-44(34-52)48-26-24-40-12-2-4-14-42(40)32-48/h1-38H. The maximum atomic E-state index is 6.64. The Morgan fingerprint density at radius 3 is 1.38 bits per heavy atom. The average molecular weight is 835 g/mol. The Bertz CT molecular complexity index is 3670. The lowest BCUT2D eigenvalue weighted by Gasteiger charge is -2.34. The van der Waals surface area contributed by atoms with Gasteiger partial charge in [-0.05, 0) is 151 Å². The van der Waals surface area contributed by atoms with Crippen LogP contribution in [0.3, 0.4) is 0 Å². The molecule has 2 heterocycles. The molecule has 11 aromatic rings. The van der Waals surface area contributed by atoms with Crippen LogP contribution in [-0.4, -0.2) is 0 Å². The number of hydrogen-bond acceptors (Lipinski definition) is 4. The molecule has 0 unspecified atom stereocenters. The van der Waals surface area contributed by atoms with E-state index in [0.717, 1.165) is 56.6 Å². The molecule has 13 rings (SSSR count). The SMILES string of the molecule is c1cc(-c2ccc3ccccc3c2)cc(N2c3ccccc3Oc3ccc(-c4ccc5c(c4)N(c4cccc(-c6ccc7ccccc7c6)c4)c4cc6ccccc6cc4S5)cc32)c1. The van der Waals surface area contributed by atoms with Crippen molar-refractivity contribution in [2.75, 3.05) is 9.80 Å². The molecule has 0 aromatic heterocycles. The zero-order valence-corrected chi connectivity index (χ0v) is 35.5. The van der Waals surface area contributed by atoms with Crippen LogP contribution in [-0.2, 0) is 0 Å². The summed E-state index contributed by atoms with van der Waals surface area (Å²) >= 11 is 1.84. The van der Waals surface area contributed by atoms with Crippen LogP contribution in [0.15, 0.2) is 240 Å². The quantitative estimate of drug-likeness (QED) is 0.172. The summed E-state index contributed by atoms with van der Waals surface area (Å²) in [6.45, 7) is 0. The van der Waals surface area contributed by atoms with E-state index in [9.17, 15) is 0 Å². The predicted molar refractivity (Wildman–Crippen MR) is 269 cm³/mol. The first-order valence-electron chi connectivity index (χ1n) is 21.7. The summed E-state index contributed by atoms with van der Waals surface area (Å²) in [6.07, 6.45) is 0. The molecule has 11 aromatic carbocycles. The van der Waals surface area contributed by atoms with Gasteiger partial charge < -0.3 is 14.5 Å². The highest BCUT2D eigenvalue weighted by Crippen LogP contribution is 2.55. The van der Waals surface area contributed by atoms with Gasteiger partial charge >= 0.3 is 0 Å². The van der Waals surface area contributed by atoms with Crippen molar-refractivity contribution < 1.29 is 4.74 Å². The van der Waals surface area contributed by atoms with Crippen molar-refractivity contribution in [3.05, 3.63) is 231 Å².